The molecule has 0 saturated carbocycles. The lowest BCUT2D eigenvalue weighted by atomic mass is 9.87. The molecule has 6 nitrogen and oxygen atoms in total. The topological polar surface area (TPSA) is 109 Å². The predicted molar refractivity (Wildman–Crippen MR) is 153 cm³/mol. The molecule has 190 valence electrons. The molecule has 0 fully saturated rings. The number of carbonyl (C=O) groups is 1. The number of nitrogens with two attached hydrogens (primary N) is 1. The van der Waals surface area contributed by atoms with Gasteiger partial charge in [-0.25, -0.2) is 4.79 Å². The number of aromatic nitrogens is 1. The molecule has 0 amide bonds. The lowest BCUT2D eigenvalue weighted by Crippen LogP contribution is -2.00. The van der Waals surface area contributed by atoms with Crippen LogP contribution >= 0.6 is 0 Å². The van der Waals surface area contributed by atoms with E-state index in [1.807, 2.05) is 72.8 Å². The van der Waals surface area contributed by atoms with Crippen LogP contribution in [0.15, 0.2) is 97.3 Å². The van der Waals surface area contributed by atoms with Crippen molar-refractivity contribution >= 4 is 35.1 Å². The molecule has 6 heteroatoms. The fourth-order valence-electron chi connectivity index (χ4n) is 4.25. The number of nitrogens with zero attached hydrogens (tertiary/aromatic N) is 1. The molecule has 38 heavy (non-hydrogen) atoms. The van der Waals surface area contributed by atoms with Gasteiger partial charge in [-0.3, -0.25) is 4.98 Å². The standard InChI is InChI=1S/C32H29N3O3/c1-2-29(25-6-3-7-28(18-25)38-21-23-5-4-16-35-20-23)32(26-13-14-30(34)27(17-26)19-33)24-11-8-22(9-12-24)10-15-31(36)37/h3-20,33H,2,21,34H2,1H3,(H,36,37)/b15-10+,32-29+,33-19?. The van der Waals surface area contributed by atoms with Crippen molar-refractivity contribution in [3.8, 4) is 5.75 Å². The van der Waals surface area contributed by atoms with Gasteiger partial charge in [-0.2, -0.15) is 0 Å². The number of hydrogen-bond acceptors (Lipinski definition) is 5. The quantitative estimate of drug-likeness (QED) is 0.0965. The highest BCUT2D eigenvalue weighted by atomic mass is 16.5. The van der Waals surface area contributed by atoms with Gasteiger partial charge in [0.25, 0.3) is 0 Å². The number of allylic oxidation sites excluding steroid dienone is 1. The first-order valence-corrected chi connectivity index (χ1v) is 12.3. The van der Waals surface area contributed by atoms with Crippen LogP contribution in [0.4, 0.5) is 5.69 Å². The van der Waals surface area contributed by atoms with Gasteiger partial charge in [-0.1, -0.05) is 55.5 Å². The minimum Gasteiger partial charge on any atom is -0.489 e. The largest absolute Gasteiger partial charge is 0.489 e. The number of rotatable bonds is 10. The molecule has 3 aromatic carbocycles. The summed E-state index contributed by atoms with van der Waals surface area (Å²) in [6, 6.07) is 25.3. The zero-order valence-electron chi connectivity index (χ0n) is 21.1. The Balaban J connectivity index is 1.80. The Morgan fingerprint density at radius 3 is 2.47 bits per heavy atom. The van der Waals surface area contributed by atoms with Gasteiger partial charge >= 0.3 is 5.97 Å². The van der Waals surface area contributed by atoms with Crippen LogP contribution in [0.3, 0.4) is 0 Å². The highest BCUT2D eigenvalue weighted by molar-refractivity contribution is 6.00. The minimum atomic E-state index is -0.991. The number of nitrogens with one attached hydrogen (secondary N) is 1. The summed E-state index contributed by atoms with van der Waals surface area (Å²) in [5.74, 6) is -0.238. The summed E-state index contributed by atoms with van der Waals surface area (Å²) in [6.07, 6.45) is 8.21. The predicted octanol–water partition coefficient (Wildman–Crippen LogP) is 6.71. The first-order valence-electron chi connectivity index (χ1n) is 12.3. The number of nitrogen functional groups attached to an aromatic ring is 1. The van der Waals surface area contributed by atoms with Gasteiger partial charge in [0.1, 0.15) is 12.4 Å². The van der Waals surface area contributed by atoms with E-state index in [4.69, 9.17) is 21.0 Å². The van der Waals surface area contributed by atoms with E-state index in [0.29, 0.717) is 17.9 Å². The van der Waals surface area contributed by atoms with E-state index in [1.54, 1.807) is 18.5 Å². The number of hydrogen-bond donors (Lipinski definition) is 3. The molecule has 1 heterocycles. The Labute approximate surface area is 222 Å². The van der Waals surface area contributed by atoms with Crippen LogP contribution in [-0.4, -0.2) is 22.3 Å². The molecule has 4 aromatic rings. The Morgan fingerprint density at radius 1 is 1.00 bits per heavy atom. The zero-order chi connectivity index (χ0) is 26.9. The van der Waals surface area contributed by atoms with Crippen molar-refractivity contribution in [3.63, 3.8) is 0 Å². The molecule has 0 aliphatic rings. The second-order valence-electron chi connectivity index (χ2n) is 8.67. The van der Waals surface area contributed by atoms with E-state index in [1.165, 1.54) is 6.21 Å². The molecule has 0 aliphatic heterocycles. The SMILES string of the molecule is CC/C(=C(/c1ccc(/C=C/C(=O)O)cc1)c1ccc(N)c(C=N)c1)c1cccc(OCc2cccnc2)c1. The van der Waals surface area contributed by atoms with Gasteiger partial charge in [0, 0.05) is 41.5 Å². The van der Waals surface area contributed by atoms with E-state index in [-0.39, 0.29) is 0 Å². The summed E-state index contributed by atoms with van der Waals surface area (Å²) in [5, 5.41) is 16.8. The maximum absolute atomic E-state index is 10.9. The molecule has 0 radical (unpaired) electrons. The molecule has 0 atom stereocenters. The second kappa shape index (κ2) is 12.3. The number of benzene rings is 3. The number of ether oxygens (including phenoxy) is 1. The number of pyridine rings is 1. The van der Waals surface area contributed by atoms with Gasteiger partial charge in [0.05, 0.1) is 0 Å². The monoisotopic (exact) mass is 503 g/mol. The smallest absolute Gasteiger partial charge is 0.328 e. The van der Waals surface area contributed by atoms with E-state index in [0.717, 1.165) is 57.2 Å². The minimum absolute atomic E-state index is 0.418. The van der Waals surface area contributed by atoms with Crippen molar-refractivity contribution < 1.29 is 14.6 Å². The third-order valence-electron chi connectivity index (χ3n) is 6.11. The average Bonchev–Trinajstić information content (AvgIpc) is 2.95. The molecule has 0 spiro atoms. The Bertz CT molecular complexity index is 1490. The van der Waals surface area contributed by atoms with Gasteiger partial charge < -0.3 is 21.0 Å². The van der Waals surface area contributed by atoms with Gasteiger partial charge in [-0.05, 0) is 76.2 Å². The third kappa shape index (κ3) is 6.42. The van der Waals surface area contributed by atoms with E-state index in [2.05, 4.69) is 18.0 Å². The molecule has 0 bridgehead atoms. The number of aliphatic carboxylic acids is 1. The van der Waals surface area contributed by atoms with Crippen LogP contribution in [0, 0.1) is 5.41 Å². The molecule has 0 saturated heterocycles. The summed E-state index contributed by atoms with van der Waals surface area (Å²) in [5.41, 5.74) is 14.1. The lowest BCUT2D eigenvalue weighted by Gasteiger charge is -2.18. The number of carboxylic acids is 1. The Morgan fingerprint density at radius 2 is 1.79 bits per heavy atom. The number of carboxylic acid groups (broad SMARTS) is 1. The molecular weight excluding hydrogens is 474 g/mol. The van der Waals surface area contributed by atoms with Crippen molar-refractivity contribution in [2.75, 3.05) is 5.73 Å². The first kappa shape index (κ1) is 26.1. The molecule has 1 aromatic heterocycles. The zero-order valence-corrected chi connectivity index (χ0v) is 21.1. The van der Waals surface area contributed by atoms with Crippen molar-refractivity contribution in [1.29, 1.82) is 5.41 Å². The van der Waals surface area contributed by atoms with Crippen molar-refractivity contribution in [3.05, 3.63) is 131 Å². The lowest BCUT2D eigenvalue weighted by molar-refractivity contribution is -0.131. The second-order valence-corrected chi connectivity index (χ2v) is 8.67. The highest BCUT2D eigenvalue weighted by Gasteiger charge is 2.15. The van der Waals surface area contributed by atoms with E-state index in [9.17, 15) is 4.79 Å². The van der Waals surface area contributed by atoms with Gasteiger partial charge in [-0.15, -0.1) is 0 Å². The van der Waals surface area contributed by atoms with Crippen LogP contribution in [0.25, 0.3) is 17.2 Å². The fraction of sp³-hybridized carbons (Fsp3) is 0.0938. The van der Waals surface area contributed by atoms with Crippen LogP contribution in [0.2, 0.25) is 0 Å². The summed E-state index contributed by atoms with van der Waals surface area (Å²) in [6.45, 7) is 2.53. The highest BCUT2D eigenvalue weighted by Crippen LogP contribution is 2.36. The summed E-state index contributed by atoms with van der Waals surface area (Å²) in [4.78, 5) is 15.1. The van der Waals surface area contributed by atoms with Gasteiger partial charge in [0.15, 0.2) is 0 Å². The third-order valence-corrected chi connectivity index (χ3v) is 6.11. The van der Waals surface area contributed by atoms with Crippen molar-refractivity contribution in [2.45, 2.75) is 20.0 Å². The molecular formula is C32H29N3O3. The summed E-state index contributed by atoms with van der Waals surface area (Å²) >= 11 is 0. The molecule has 0 unspecified atom stereocenters. The van der Waals surface area contributed by atoms with Crippen LogP contribution in [0.1, 0.15) is 46.7 Å². The normalized spacial score (nSPS) is 11.7. The van der Waals surface area contributed by atoms with Crippen LogP contribution in [0.5, 0.6) is 5.75 Å². The summed E-state index contributed by atoms with van der Waals surface area (Å²) in [7, 11) is 0. The van der Waals surface area contributed by atoms with Crippen molar-refractivity contribution in [2.24, 2.45) is 0 Å². The summed E-state index contributed by atoms with van der Waals surface area (Å²) < 4.78 is 6.07. The van der Waals surface area contributed by atoms with Gasteiger partial charge in [0.2, 0.25) is 0 Å². The average molecular weight is 504 g/mol. The van der Waals surface area contributed by atoms with E-state index >= 15 is 0 Å². The molecule has 4 rings (SSSR count). The number of anilines is 1. The Hall–Kier alpha value is -4.97. The van der Waals surface area contributed by atoms with Crippen LogP contribution in [-0.2, 0) is 11.4 Å². The first-order chi connectivity index (χ1) is 18.5. The Kier molecular flexibility index (Phi) is 8.46. The van der Waals surface area contributed by atoms with E-state index < -0.39 is 5.97 Å². The maximum Gasteiger partial charge on any atom is 0.328 e. The fourth-order valence-corrected chi connectivity index (χ4v) is 4.25. The van der Waals surface area contributed by atoms with Crippen molar-refractivity contribution in [1.82, 2.24) is 4.98 Å². The molecule has 4 N–H and O–H groups in total. The molecule has 0 aliphatic carbocycles. The van der Waals surface area contributed by atoms with Crippen LogP contribution < -0.4 is 10.5 Å². The maximum atomic E-state index is 10.9.